The summed E-state index contributed by atoms with van der Waals surface area (Å²) in [4.78, 5) is 46.8. The summed E-state index contributed by atoms with van der Waals surface area (Å²) in [6, 6.07) is 6.48. The third-order valence-corrected chi connectivity index (χ3v) is 3.97. The highest BCUT2D eigenvalue weighted by Gasteiger charge is 2.18. The molecule has 2 rings (SSSR count). The Morgan fingerprint density at radius 2 is 1.78 bits per heavy atom. The first-order valence-corrected chi connectivity index (χ1v) is 8.12. The maximum Gasteiger partial charge on any atom is 0.322 e. The van der Waals surface area contributed by atoms with E-state index in [1.54, 1.807) is 38.1 Å². The van der Waals surface area contributed by atoms with Crippen molar-refractivity contribution < 1.29 is 19.5 Å². The second-order valence-electron chi connectivity index (χ2n) is 6.01. The van der Waals surface area contributed by atoms with Gasteiger partial charge in [0, 0.05) is 12.7 Å². The van der Waals surface area contributed by atoms with Gasteiger partial charge in [-0.1, -0.05) is 12.1 Å². The summed E-state index contributed by atoms with van der Waals surface area (Å²) in [7, 11) is 1.48. The fourth-order valence-corrected chi connectivity index (χ4v) is 2.44. The first-order chi connectivity index (χ1) is 12.7. The van der Waals surface area contributed by atoms with Crippen molar-refractivity contribution in [1.82, 2.24) is 15.1 Å². The number of carbonyl (C=O) groups excluding carboxylic acids is 2. The van der Waals surface area contributed by atoms with E-state index in [0.717, 1.165) is 4.68 Å². The lowest BCUT2D eigenvalue weighted by molar-refractivity contribution is -0.137. The molecule has 142 valence electrons. The van der Waals surface area contributed by atoms with Crippen LogP contribution in [0.5, 0.6) is 0 Å². The van der Waals surface area contributed by atoms with E-state index in [0.29, 0.717) is 22.5 Å². The molecular formula is C18H20N4O5. The van der Waals surface area contributed by atoms with Crippen LogP contribution in [-0.2, 0) is 23.1 Å². The Kier molecular flexibility index (Phi) is 6.07. The fraction of sp³-hybridized carbons (Fsp3) is 0.278. The smallest absolute Gasteiger partial charge is 0.322 e. The minimum atomic E-state index is -1.12. The molecule has 1 aromatic heterocycles. The van der Waals surface area contributed by atoms with Crippen molar-refractivity contribution in [3.63, 3.8) is 0 Å². The second kappa shape index (κ2) is 8.26. The van der Waals surface area contributed by atoms with Gasteiger partial charge in [-0.2, -0.15) is 5.10 Å². The van der Waals surface area contributed by atoms with Crippen molar-refractivity contribution in [2.45, 2.75) is 20.3 Å². The minimum absolute atomic E-state index is 0.0186. The number of aryl methyl sites for hydroxylation is 2. The highest BCUT2D eigenvalue weighted by Crippen LogP contribution is 2.13. The zero-order valence-electron chi connectivity index (χ0n) is 15.2. The van der Waals surface area contributed by atoms with Crippen LogP contribution in [0, 0.1) is 13.8 Å². The first-order valence-electron chi connectivity index (χ1n) is 8.12. The third-order valence-electron chi connectivity index (χ3n) is 3.97. The van der Waals surface area contributed by atoms with E-state index in [4.69, 9.17) is 5.11 Å². The lowest BCUT2D eigenvalue weighted by Gasteiger charge is -2.11. The molecule has 0 atom stereocenters. The van der Waals surface area contributed by atoms with Gasteiger partial charge in [-0.25, -0.2) is 4.68 Å². The second-order valence-corrected chi connectivity index (χ2v) is 6.01. The Morgan fingerprint density at radius 1 is 1.15 bits per heavy atom. The Bertz CT molecular complexity index is 947. The molecule has 0 bridgehead atoms. The van der Waals surface area contributed by atoms with Gasteiger partial charge in [-0.3, -0.25) is 19.2 Å². The van der Waals surface area contributed by atoms with Crippen LogP contribution in [0.3, 0.4) is 0 Å². The molecule has 0 fully saturated rings. The molecule has 0 spiro atoms. The number of carbonyl (C=O) groups is 3. The number of amides is 2. The molecule has 27 heavy (non-hydrogen) atoms. The molecule has 0 aliphatic carbocycles. The normalized spacial score (nSPS) is 10.3. The molecule has 9 heteroatoms. The van der Waals surface area contributed by atoms with Crippen LogP contribution < -0.4 is 16.2 Å². The molecule has 1 aromatic carbocycles. The van der Waals surface area contributed by atoms with E-state index in [2.05, 4.69) is 15.7 Å². The summed E-state index contributed by atoms with van der Waals surface area (Å²) in [5.41, 5.74) is 1.77. The molecule has 0 aliphatic rings. The predicted molar refractivity (Wildman–Crippen MR) is 97.7 cm³/mol. The quantitative estimate of drug-likeness (QED) is 0.672. The number of nitrogens with one attached hydrogen (secondary N) is 2. The number of aliphatic carboxylic acids is 1. The molecule has 0 unspecified atom stereocenters. The topological polar surface area (TPSA) is 130 Å². The molecule has 9 nitrogen and oxygen atoms in total. The van der Waals surface area contributed by atoms with Crippen molar-refractivity contribution in [2.75, 3.05) is 11.9 Å². The highest BCUT2D eigenvalue weighted by atomic mass is 16.4. The number of benzene rings is 1. The van der Waals surface area contributed by atoms with E-state index >= 15 is 0 Å². The molecule has 0 radical (unpaired) electrons. The zero-order valence-corrected chi connectivity index (χ0v) is 15.2. The van der Waals surface area contributed by atoms with Gasteiger partial charge < -0.3 is 15.7 Å². The Morgan fingerprint density at radius 3 is 2.37 bits per heavy atom. The number of hydrogen-bond acceptors (Lipinski definition) is 5. The number of hydrogen-bond donors (Lipinski definition) is 3. The molecule has 0 saturated heterocycles. The van der Waals surface area contributed by atoms with Gasteiger partial charge in [0.05, 0.1) is 12.1 Å². The molecule has 3 N–H and O–H groups in total. The summed E-state index contributed by atoms with van der Waals surface area (Å²) in [5, 5.41) is 17.5. The number of aromatic nitrogens is 2. The first kappa shape index (κ1) is 19.8. The monoisotopic (exact) mass is 372 g/mol. The van der Waals surface area contributed by atoms with Crippen LogP contribution in [-0.4, -0.2) is 39.2 Å². The SMILES string of the molecule is Cc1nn(C)c(=O)c(C(=O)Nc2ccc(CC(=O)NCC(=O)O)cc2)c1C. The van der Waals surface area contributed by atoms with Crippen LogP contribution in [0.15, 0.2) is 29.1 Å². The van der Waals surface area contributed by atoms with Crippen molar-refractivity contribution in [3.8, 4) is 0 Å². The molecule has 0 saturated carbocycles. The molecule has 2 aromatic rings. The summed E-state index contributed by atoms with van der Waals surface area (Å²) in [6.07, 6.45) is 0.0186. The van der Waals surface area contributed by atoms with E-state index in [9.17, 15) is 19.2 Å². The van der Waals surface area contributed by atoms with Crippen LogP contribution in [0.1, 0.15) is 27.2 Å². The van der Waals surface area contributed by atoms with Crippen molar-refractivity contribution in [2.24, 2.45) is 7.05 Å². The summed E-state index contributed by atoms with van der Waals surface area (Å²) in [5.74, 6) is -2.07. The van der Waals surface area contributed by atoms with E-state index in [1.165, 1.54) is 7.05 Å². The zero-order chi connectivity index (χ0) is 20.1. The molecular weight excluding hydrogens is 352 g/mol. The average molecular weight is 372 g/mol. The van der Waals surface area contributed by atoms with Gasteiger partial charge in [0.2, 0.25) is 5.91 Å². The van der Waals surface area contributed by atoms with E-state index < -0.39 is 29.9 Å². The van der Waals surface area contributed by atoms with Gasteiger partial charge in [-0.15, -0.1) is 0 Å². The van der Waals surface area contributed by atoms with Crippen LogP contribution in [0.4, 0.5) is 5.69 Å². The van der Waals surface area contributed by atoms with Gasteiger partial charge in [0.15, 0.2) is 0 Å². The van der Waals surface area contributed by atoms with Crippen molar-refractivity contribution >= 4 is 23.5 Å². The van der Waals surface area contributed by atoms with Crippen LogP contribution in [0.2, 0.25) is 0 Å². The third kappa shape index (κ3) is 5.00. The number of carboxylic acid groups (broad SMARTS) is 1. The predicted octanol–water partition coefficient (Wildman–Crippen LogP) is 0.393. The van der Waals surface area contributed by atoms with E-state index in [-0.39, 0.29) is 12.0 Å². The maximum atomic E-state index is 12.5. The summed E-state index contributed by atoms with van der Waals surface area (Å²) < 4.78 is 1.12. The number of anilines is 1. The lowest BCUT2D eigenvalue weighted by atomic mass is 10.1. The largest absolute Gasteiger partial charge is 0.480 e. The van der Waals surface area contributed by atoms with Crippen LogP contribution >= 0.6 is 0 Å². The maximum absolute atomic E-state index is 12.5. The Labute approximate surface area is 155 Å². The highest BCUT2D eigenvalue weighted by molar-refractivity contribution is 6.05. The lowest BCUT2D eigenvalue weighted by Crippen LogP contribution is -2.31. The average Bonchev–Trinajstić information content (AvgIpc) is 2.60. The summed E-state index contributed by atoms with van der Waals surface area (Å²) in [6.45, 7) is 2.94. The molecule has 1 heterocycles. The number of carboxylic acids is 1. The van der Waals surface area contributed by atoms with E-state index in [1.807, 2.05) is 0 Å². The number of nitrogens with zero attached hydrogens (tertiary/aromatic N) is 2. The minimum Gasteiger partial charge on any atom is -0.480 e. The van der Waals surface area contributed by atoms with Gasteiger partial charge >= 0.3 is 5.97 Å². The Balaban J connectivity index is 2.09. The standard InChI is InChI=1S/C18H20N4O5/c1-10-11(2)21-22(3)18(27)16(10)17(26)20-13-6-4-12(5-7-13)8-14(23)19-9-15(24)25/h4-7H,8-9H2,1-3H3,(H,19,23)(H,20,26)(H,24,25). The number of rotatable bonds is 6. The molecule has 0 aliphatic heterocycles. The summed E-state index contributed by atoms with van der Waals surface area (Å²) >= 11 is 0. The van der Waals surface area contributed by atoms with Crippen LogP contribution in [0.25, 0.3) is 0 Å². The fourth-order valence-electron chi connectivity index (χ4n) is 2.44. The van der Waals surface area contributed by atoms with Gasteiger partial charge in [0.25, 0.3) is 11.5 Å². The molecule has 2 amide bonds. The van der Waals surface area contributed by atoms with Crippen molar-refractivity contribution in [1.29, 1.82) is 0 Å². The van der Waals surface area contributed by atoms with Gasteiger partial charge in [-0.05, 0) is 37.1 Å². The van der Waals surface area contributed by atoms with Gasteiger partial charge in [0.1, 0.15) is 12.1 Å². The van der Waals surface area contributed by atoms with Crippen molar-refractivity contribution in [3.05, 3.63) is 57.0 Å². The Hall–Kier alpha value is -3.49.